The second kappa shape index (κ2) is 3.71. The van der Waals surface area contributed by atoms with Gasteiger partial charge in [0.25, 0.3) is 0 Å². The third-order valence-electron chi connectivity index (χ3n) is 1.40. The summed E-state index contributed by atoms with van der Waals surface area (Å²) in [4.78, 5) is 4.19. The Morgan fingerprint density at radius 1 is 1.58 bits per heavy atom. The molecule has 0 aliphatic carbocycles. The summed E-state index contributed by atoms with van der Waals surface area (Å²) >= 11 is 5.51. The quantitative estimate of drug-likeness (QED) is 0.698. The fourth-order valence-corrected chi connectivity index (χ4v) is 0.981. The van der Waals surface area contributed by atoms with Crippen molar-refractivity contribution < 1.29 is 14.3 Å². The van der Waals surface area contributed by atoms with Gasteiger partial charge in [-0.1, -0.05) is 11.6 Å². The van der Waals surface area contributed by atoms with E-state index in [2.05, 4.69) is 4.84 Å². The monoisotopic (exact) mass is 191 g/mol. The molecule has 1 rings (SSSR count). The highest BCUT2D eigenvalue weighted by molar-refractivity contribution is 6.32. The molecule has 0 heterocycles. The lowest BCUT2D eigenvalue weighted by atomic mass is 10.2. The van der Waals surface area contributed by atoms with Gasteiger partial charge >= 0.3 is 0 Å². The average Bonchev–Trinajstić information content (AvgIpc) is 2.06. The van der Waals surface area contributed by atoms with Crippen molar-refractivity contribution in [1.29, 1.82) is 0 Å². The zero-order valence-corrected chi connectivity index (χ0v) is 6.81. The number of phenolic OH excluding ortho intramolecular Hbond substituents is 1. The van der Waals surface area contributed by atoms with E-state index in [0.29, 0.717) is 0 Å². The summed E-state index contributed by atoms with van der Waals surface area (Å²) in [5, 5.41) is 9.27. The SMILES string of the molecule is NOCc1c(F)ccc(Cl)c1O. The molecule has 1 aromatic carbocycles. The second-order valence-electron chi connectivity index (χ2n) is 2.17. The van der Waals surface area contributed by atoms with E-state index in [1.54, 1.807) is 0 Å². The Bertz CT molecular complexity index is 293. The summed E-state index contributed by atoms with van der Waals surface area (Å²) in [7, 11) is 0. The maximum atomic E-state index is 12.9. The fraction of sp³-hybridized carbons (Fsp3) is 0.143. The maximum Gasteiger partial charge on any atom is 0.142 e. The van der Waals surface area contributed by atoms with E-state index in [1.165, 1.54) is 6.07 Å². The van der Waals surface area contributed by atoms with Crippen LogP contribution in [0.4, 0.5) is 4.39 Å². The average molecular weight is 192 g/mol. The number of phenols is 1. The minimum atomic E-state index is -0.595. The first-order valence-corrected chi connectivity index (χ1v) is 3.52. The number of benzene rings is 1. The summed E-state index contributed by atoms with van der Waals surface area (Å²) in [5.74, 6) is 3.80. The van der Waals surface area contributed by atoms with Gasteiger partial charge < -0.3 is 5.11 Å². The zero-order valence-electron chi connectivity index (χ0n) is 6.05. The molecule has 0 atom stereocenters. The van der Waals surface area contributed by atoms with E-state index >= 15 is 0 Å². The van der Waals surface area contributed by atoms with Crippen LogP contribution < -0.4 is 5.90 Å². The standard InChI is InChI=1S/C7H7ClFNO2/c8-5-1-2-6(9)4(3-12-10)7(5)11/h1-2,11H,3,10H2. The minimum Gasteiger partial charge on any atom is -0.506 e. The van der Waals surface area contributed by atoms with Gasteiger partial charge in [0.05, 0.1) is 17.2 Å². The van der Waals surface area contributed by atoms with Gasteiger partial charge in [-0.15, -0.1) is 0 Å². The van der Waals surface area contributed by atoms with E-state index in [-0.39, 0.29) is 22.9 Å². The Hall–Kier alpha value is -0.840. The predicted molar refractivity (Wildman–Crippen MR) is 42.1 cm³/mol. The van der Waals surface area contributed by atoms with Gasteiger partial charge in [-0.05, 0) is 12.1 Å². The molecular weight excluding hydrogens is 185 g/mol. The molecule has 3 N–H and O–H groups in total. The molecule has 0 saturated carbocycles. The molecule has 0 fully saturated rings. The summed E-state index contributed by atoms with van der Waals surface area (Å²) < 4.78 is 12.9. The Labute approximate surface area is 73.5 Å². The van der Waals surface area contributed by atoms with Crippen LogP contribution in [0.5, 0.6) is 5.75 Å². The van der Waals surface area contributed by atoms with Crippen molar-refractivity contribution in [3.63, 3.8) is 0 Å². The Kier molecular flexibility index (Phi) is 2.86. The van der Waals surface area contributed by atoms with Gasteiger partial charge in [-0.2, -0.15) is 0 Å². The number of rotatable bonds is 2. The zero-order chi connectivity index (χ0) is 9.14. The third-order valence-corrected chi connectivity index (χ3v) is 1.71. The van der Waals surface area contributed by atoms with Crippen LogP contribution in [0.3, 0.4) is 0 Å². The van der Waals surface area contributed by atoms with Crippen molar-refractivity contribution in [2.24, 2.45) is 5.90 Å². The van der Waals surface area contributed by atoms with Crippen LogP contribution in [0.25, 0.3) is 0 Å². The molecule has 1 aromatic rings. The second-order valence-corrected chi connectivity index (χ2v) is 2.57. The van der Waals surface area contributed by atoms with Crippen LogP contribution in [0.1, 0.15) is 5.56 Å². The molecule has 0 unspecified atom stereocenters. The lowest BCUT2D eigenvalue weighted by Gasteiger charge is -2.05. The summed E-state index contributed by atoms with van der Waals surface area (Å²) in [6.45, 7) is -0.210. The van der Waals surface area contributed by atoms with Crippen molar-refractivity contribution >= 4 is 11.6 Å². The summed E-state index contributed by atoms with van der Waals surface area (Å²) in [6, 6.07) is 2.39. The highest BCUT2D eigenvalue weighted by atomic mass is 35.5. The van der Waals surface area contributed by atoms with Gasteiger partial charge in [0.1, 0.15) is 11.6 Å². The Morgan fingerprint density at radius 3 is 2.83 bits per heavy atom. The molecule has 66 valence electrons. The van der Waals surface area contributed by atoms with E-state index in [4.69, 9.17) is 17.5 Å². The number of halogens is 2. The lowest BCUT2D eigenvalue weighted by Crippen LogP contribution is -2.01. The smallest absolute Gasteiger partial charge is 0.142 e. The van der Waals surface area contributed by atoms with Crippen molar-refractivity contribution in [2.75, 3.05) is 0 Å². The molecule has 0 aromatic heterocycles. The van der Waals surface area contributed by atoms with Gasteiger partial charge in [0.15, 0.2) is 0 Å². The number of hydrogen-bond acceptors (Lipinski definition) is 3. The highest BCUT2D eigenvalue weighted by Crippen LogP contribution is 2.29. The Balaban J connectivity index is 3.14. The molecule has 5 heteroatoms. The van der Waals surface area contributed by atoms with E-state index in [9.17, 15) is 9.50 Å². The van der Waals surface area contributed by atoms with Crippen molar-refractivity contribution in [3.05, 3.63) is 28.5 Å². The van der Waals surface area contributed by atoms with Gasteiger partial charge in [-0.3, -0.25) is 4.84 Å². The van der Waals surface area contributed by atoms with Crippen molar-refractivity contribution in [1.82, 2.24) is 0 Å². The molecule has 0 aliphatic rings. The number of aromatic hydroxyl groups is 1. The molecule has 0 aliphatic heterocycles. The normalized spacial score (nSPS) is 10.2. The van der Waals surface area contributed by atoms with Crippen LogP contribution >= 0.6 is 11.6 Å². The summed E-state index contributed by atoms with van der Waals surface area (Å²) in [5.41, 5.74) is -0.0370. The Morgan fingerprint density at radius 2 is 2.25 bits per heavy atom. The van der Waals surface area contributed by atoms with Crippen molar-refractivity contribution in [3.8, 4) is 5.75 Å². The topological polar surface area (TPSA) is 55.5 Å². The van der Waals surface area contributed by atoms with Gasteiger partial charge in [0.2, 0.25) is 0 Å². The lowest BCUT2D eigenvalue weighted by molar-refractivity contribution is 0.119. The van der Waals surface area contributed by atoms with E-state index in [1.807, 2.05) is 0 Å². The first-order valence-electron chi connectivity index (χ1n) is 3.14. The van der Waals surface area contributed by atoms with E-state index in [0.717, 1.165) is 6.07 Å². The fourth-order valence-electron chi connectivity index (χ4n) is 0.804. The van der Waals surface area contributed by atoms with E-state index < -0.39 is 5.82 Å². The third kappa shape index (κ3) is 1.66. The first kappa shape index (κ1) is 9.25. The van der Waals surface area contributed by atoms with Crippen molar-refractivity contribution in [2.45, 2.75) is 6.61 Å². The molecule has 0 radical (unpaired) electrons. The molecule has 0 amide bonds. The molecular formula is C7H7ClFNO2. The molecule has 0 saturated heterocycles. The molecule has 3 nitrogen and oxygen atoms in total. The summed E-state index contributed by atoms with van der Waals surface area (Å²) in [6.07, 6.45) is 0. The number of nitrogens with two attached hydrogens (primary N) is 1. The number of hydrogen-bond donors (Lipinski definition) is 2. The van der Waals surface area contributed by atoms with Crippen LogP contribution in [0.15, 0.2) is 12.1 Å². The van der Waals surface area contributed by atoms with Gasteiger partial charge in [0, 0.05) is 0 Å². The predicted octanol–water partition coefficient (Wildman–Crippen LogP) is 1.57. The molecule has 0 bridgehead atoms. The van der Waals surface area contributed by atoms with Crippen LogP contribution in [0, 0.1) is 5.82 Å². The van der Waals surface area contributed by atoms with Gasteiger partial charge in [-0.25, -0.2) is 10.3 Å². The molecule has 0 spiro atoms. The van der Waals surface area contributed by atoms with Crippen LogP contribution in [-0.2, 0) is 11.4 Å². The van der Waals surface area contributed by atoms with Crippen LogP contribution in [-0.4, -0.2) is 5.11 Å². The highest BCUT2D eigenvalue weighted by Gasteiger charge is 2.10. The van der Waals surface area contributed by atoms with Crippen LogP contribution in [0.2, 0.25) is 5.02 Å². The first-order chi connectivity index (χ1) is 5.66. The largest absolute Gasteiger partial charge is 0.506 e. The maximum absolute atomic E-state index is 12.9. The minimum absolute atomic E-state index is 0.0370. The molecule has 12 heavy (non-hydrogen) atoms.